The van der Waals surface area contributed by atoms with E-state index in [0.29, 0.717) is 36.9 Å². The number of hydrogen-bond acceptors (Lipinski definition) is 8. The highest BCUT2D eigenvalue weighted by Crippen LogP contribution is 2.54. The van der Waals surface area contributed by atoms with E-state index in [0.717, 1.165) is 28.0 Å². The highest BCUT2D eigenvalue weighted by molar-refractivity contribution is 8.00. The molecule has 2 aliphatic rings. The molecule has 2 aliphatic heterocycles. The Morgan fingerprint density at radius 2 is 1.62 bits per heavy atom. The van der Waals surface area contributed by atoms with Gasteiger partial charge in [-0.15, -0.1) is 0 Å². The quantitative estimate of drug-likeness (QED) is 0.173. The number of hydrogen-bond donors (Lipinski definition) is 1. The van der Waals surface area contributed by atoms with Crippen LogP contribution in [-0.2, 0) is 25.7 Å². The van der Waals surface area contributed by atoms with E-state index in [4.69, 9.17) is 39.5 Å². The Labute approximate surface area is 280 Å². The summed E-state index contributed by atoms with van der Waals surface area (Å²) < 4.78 is 6.36. The van der Waals surface area contributed by atoms with E-state index >= 15 is 0 Å². The van der Waals surface area contributed by atoms with E-state index in [9.17, 15) is 24.0 Å². The fraction of sp³-hybridized carbons (Fsp3) is 0.194. The summed E-state index contributed by atoms with van der Waals surface area (Å²) in [4.78, 5) is 67.9. The number of benzene rings is 3. The van der Waals surface area contributed by atoms with Crippen molar-refractivity contribution in [2.24, 2.45) is 5.92 Å². The number of ether oxygens (including phenoxy) is 1. The summed E-state index contributed by atoms with van der Waals surface area (Å²) in [7, 11) is 0. The van der Waals surface area contributed by atoms with E-state index in [2.05, 4.69) is 5.32 Å². The lowest BCUT2D eigenvalue weighted by Gasteiger charge is -2.30. The number of imide groups is 1. The van der Waals surface area contributed by atoms with Crippen LogP contribution in [0.2, 0.25) is 15.1 Å². The van der Waals surface area contributed by atoms with Crippen LogP contribution in [0, 0.1) is 5.92 Å². The Balaban J connectivity index is 1.36. The van der Waals surface area contributed by atoms with Crippen molar-refractivity contribution in [3.05, 3.63) is 107 Å². The van der Waals surface area contributed by atoms with Gasteiger partial charge in [-0.05, 0) is 67.1 Å². The molecule has 1 saturated heterocycles. The lowest BCUT2D eigenvalue weighted by molar-refractivity contribution is -0.122. The van der Waals surface area contributed by atoms with Gasteiger partial charge in [0.2, 0.25) is 17.7 Å². The number of halogens is 3. The Kier molecular flexibility index (Phi) is 8.82. The fourth-order valence-electron chi connectivity index (χ4n) is 5.42. The van der Waals surface area contributed by atoms with E-state index < -0.39 is 45.6 Å². The van der Waals surface area contributed by atoms with Gasteiger partial charge in [-0.25, -0.2) is 9.69 Å². The molecular weight excluding hydrogens is 681 g/mol. The molecule has 0 aliphatic carbocycles. The molecular formula is C31H22Cl3N3O6S2. The summed E-state index contributed by atoms with van der Waals surface area (Å²) in [6.07, 6.45) is 0. The Hall–Kier alpha value is -3.61. The molecule has 9 nitrogen and oxygen atoms in total. The van der Waals surface area contributed by atoms with Gasteiger partial charge in [-0.2, -0.15) is 0 Å². The molecule has 0 spiro atoms. The van der Waals surface area contributed by atoms with Crippen LogP contribution in [-0.4, -0.2) is 40.1 Å². The number of carbonyl (C=O) groups excluding carboxylic acids is 4. The Morgan fingerprint density at radius 1 is 0.911 bits per heavy atom. The molecule has 14 heteroatoms. The van der Waals surface area contributed by atoms with Gasteiger partial charge in [0.1, 0.15) is 11.8 Å². The van der Waals surface area contributed by atoms with Gasteiger partial charge in [0.25, 0.3) is 0 Å². The molecule has 45 heavy (non-hydrogen) atoms. The minimum Gasteiger partial charge on any atom is -0.462 e. The predicted molar refractivity (Wildman–Crippen MR) is 175 cm³/mol. The first-order valence-electron chi connectivity index (χ1n) is 13.6. The van der Waals surface area contributed by atoms with Crippen LogP contribution in [0.25, 0.3) is 0 Å². The average molecular weight is 703 g/mol. The molecule has 6 rings (SSSR count). The molecule has 3 aromatic carbocycles. The van der Waals surface area contributed by atoms with Crippen molar-refractivity contribution in [1.29, 1.82) is 0 Å². The van der Waals surface area contributed by atoms with Crippen LogP contribution < -0.4 is 15.1 Å². The van der Waals surface area contributed by atoms with Crippen molar-refractivity contribution in [3.63, 3.8) is 0 Å². The van der Waals surface area contributed by atoms with Crippen molar-refractivity contribution in [2.45, 2.75) is 29.7 Å². The standard InChI is InChI=1S/C31H22Cl3N3O6S2/c1-2-43-30(41)16-5-10-19(11-6-16)37-27(39)24-23(15-3-7-17(32)8-4-15)26-29(44-25(24)28(37)40)36(31(42)45-26)14-22(38)35-18-9-12-20(33)21(34)13-18/h3-13,23-25H,2,14H2,1H3,(H,35,38). The number of fused-ring (bicyclic) bond motifs is 2. The second-order valence-corrected chi connectivity index (χ2v) is 13.5. The first kappa shape index (κ1) is 31.4. The molecule has 230 valence electrons. The Morgan fingerprint density at radius 3 is 2.29 bits per heavy atom. The normalized spacial score (nSPS) is 18.8. The van der Waals surface area contributed by atoms with Crippen LogP contribution in [0.3, 0.4) is 0 Å². The number of rotatable bonds is 7. The highest BCUT2D eigenvalue weighted by atomic mass is 35.5. The topological polar surface area (TPSA) is 115 Å². The van der Waals surface area contributed by atoms with Gasteiger partial charge >= 0.3 is 10.8 Å². The summed E-state index contributed by atoms with van der Waals surface area (Å²) in [5.41, 5.74) is 1.70. The summed E-state index contributed by atoms with van der Waals surface area (Å²) in [5, 5.41) is 3.36. The molecule has 1 fully saturated rings. The molecule has 0 saturated carbocycles. The van der Waals surface area contributed by atoms with Gasteiger partial charge in [-0.3, -0.25) is 23.7 Å². The van der Waals surface area contributed by atoms with Crippen LogP contribution >= 0.6 is 57.9 Å². The number of carbonyl (C=O) groups is 4. The number of nitrogens with one attached hydrogen (secondary N) is 1. The van der Waals surface area contributed by atoms with Crippen molar-refractivity contribution in [3.8, 4) is 0 Å². The number of esters is 1. The summed E-state index contributed by atoms with van der Waals surface area (Å²) in [6.45, 7) is 1.58. The highest BCUT2D eigenvalue weighted by Gasteiger charge is 2.56. The largest absolute Gasteiger partial charge is 0.462 e. The lowest BCUT2D eigenvalue weighted by atomic mass is 9.83. The minimum atomic E-state index is -0.881. The van der Waals surface area contributed by atoms with Gasteiger partial charge in [0.05, 0.1) is 38.8 Å². The van der Waals surface area contributed by atoms with Crippen LogP contribution in [0.1, 0.15) is 33.6 Å². The molecule has 1 aromatic heterocycles. The maximum absolute atomic E-state index is 14.1. The van der Waals surface area contributed by atoms with Gasteiger partial charge < -0.3 is 10.1 Å². The van der Waals surface area contributed by atoms with Crippen molar-refractivity contribution in [2.75, 3.05) is 16.8 Å². The molecule has 3 unspecified atom stereocenters. The molecule has 3 amide bonds. The summed E-state index contributed by atoms with van der Waals surface area (Å²) >= 11 is 20.3. The molecule has 3 atom stereocenters. The van der Waals surface area contributed by atoms with Crippen LogP contribution in [0.5, 0.6) is 0 Å². The van der Waals surface area contributed by atoms with E-state index in [1.807, 2.05) is 0 Å². The molecule has 1 N–H and O–H groups in total. The predicted octanol–water partition coefficient (Wildman–Crippen LogP) is 6.48. The van der Waals surface area contributed by atoms with E-state index in [1.165, 1.54) is 34.9 Å². The second kappa shape index (κ2) is 12.6. The Bertz CT molecular complexity index is 1910. The number of nitrogens with zero attached hydrogens (tertiary/aromatic N) is 2. The average Bonchev–Trinajstić information content (AvgIpc) is 3.46. The number of aromatic nitrogens is 1. The van der Waals surface area contributed by atoms with Crippen molar-refractivity contribution < 1.29 is 23.9 Å². The molecule has 4 aromatic rings. The van der Waals surface area contributed by atoms with Crippen LogP contribution in [0.15, 0.2) is 76.6 Å². The second-order valence-electron chi connectivity index (χ2n) is 10.2. The molecule has 0 bridgehead atoms. The third kappa shape index (κ3) is 5.91. The van der Waals surface area contributed by atoms with Gasteiger partial charge in [0, 0.05) is 21.5 Å². The van der Waals surface area contributed by atoms with Crippen molar-refractivity contribution in [1.82, 2.24) is 4.57 Å². The smallest absolute Gasteiger partial charge is 0.338 e. The van der Waals surface area contributed by atoms with Gasteiger partial charge in [-0.1, -0.05) is 70.0 Å². The minimum absolute atomic E-state index is 0.211. The monoisotopic (exact) mass is 701 g/mol. The van der Waals surface area contributed by atoms with Crippen LogP contribution in [0.4, 0.5) is 11.4 Å². The third-order valence-electron chi connectivity index (χ3n) is 7.42. The first-order valence-corrected chi connectivity index (χ1v) is 16.5. The third-order valence-corrected chi connectivity index (χ3v) is 11.0. The fourth-order valence-corrected chi connectivity index (χ4v) is 8.62. The summed E-state index contributed by atoms with van der Waals surface area (Å²) in [5.74, 6) is -3.39. The summed E-state index contributed by atoms with van der Waals surface area (Å²) in [6, 6.07) is 17.6. The number of amides is 3. The zero-order valence-electron chi connectivity index (χ0n) is 23.3. The maximum atomic E-state index is 14.1. The zero-order chi connectivity index (χ0) is 32.0. The number of thioether (sulfide) groups is 1. The lowest BCUT2D eigenvalue weighted by Crippen LogP contribution is -2.33. The molecule has 3 heterocycles. The maximum Gasteiger partial charge on any atom is 0.338 e. The van der Waals surface area contributed by atoms with E-state index in [-0.39, 0.29) is 23.7 Å². The number of anilines is 2. The first-order chi connectivity index (χ1) is 21.6. The molecule has 0 radical (unpaired) electrons. The van der Waals surface area contributed by atoms with Crippen molar-refractivity contribution >= 4 is 93.0 Å². The number of thiazole rings is 1. The van der Waals surface area contributed by atoms with Gasteiger partial charge in [0.15, 0.2) is 0 Å². The zero-order valence-corrected chi connectivity index (χ0v) is 27.2. The van der Waals surface area contributed by atoms with E-state index in [1.54, 1.807) is 43.3 Å². The SMILES string of the molecule is CCOC(=O)c1ccc(N2C(=O)C3Sc4c(sc(=O)n4CC(=O)Nc4ccc(Cl)c(Cl)c4)C(c4ccc(Cl)cc4)C3C2=O)cc1.